The normalized spacial score (nSPS) is 17.4. The Balaban J connectivity index is 1.91. The number of carbonyl (C=O) groups excluding carboxylic acids is 1. The number of nitrogens with zero attached hydrogens (tertiary/aromatic N) is 2. The van der Waals surface area contributed by atoms with E-state index in [4.69, 9.17) is 14.2 Å². The van der Waals surface area contributed by atoms with E-state index in [-0.39, 0.29) is 5.91 Å². The van der Waals surface area contributed by atoms with Gasteiger partial charge in [0.1, 0.15) is 0 Å². The van der Waals surface area contributed by atoms with Crippen LogP contribution in [0.4, 0.5) is 8.78 Å². The van der Waals surface area contributed by atoms with E-state index in [1.165, 1.54) is 33.5 Å². The van der Waals surface area contributed by atoms with Gasteiger partial charge >= 0.3 is 0 Å². The highest BCUT2D eigenvalue weighted by molar-refractivity contribution is 5.96. The SMILES string of the molecule is CCCCN(CCC)CCC1(c2ccc(F)c(F)c2)CCN(C(=O)c2cc(OC)c(OC)c(OC)c2)C1. The van der Waals surface area contributed by atoms with Crippen LogP contribution in [-0.2, 0) is 5.41 Å². The first-order valence-corrected chi connectivity index (χ1v) is 13.1. The zero-order valence-corrected chi connectivity index (χ0v) is 22.7. The minimum Gasteiger partial charge on any atom is -0.493 e. The predicted molar refractivity (Wildman–Crippen MR) is 141 cm³/mol. The van der Waals surface area contributed by atoms with Gasteiger partial charge in [0.25, 0.3) is 5.91 Å². The lowest BCUT2D eigenvalue weighted by Crippen LogP contribution is -2.38. The fourth-order valence-corrected chi connectivity index (χ4v) is 5.25. The number of hydrogen-bond acceptors (Lipinski definition) is 5. The zero-order chi connectivity index (χ0) is 27.0. The number of rotatable bonds is 13. The smallest absolute Gasteiger partial charge is 0.254 e. The van der Waals surface area contributed by atoms with Crippen LogP contribution in [-0.4, -0.2) is 69.8 Å². The van der Waals surface area contributed by atoms with Gasteiger partial charge in [-0.3, -0.25) is 4.79 Å². The lowest BCUT2D eigenvalue weighted by atomic mass is 9.76. The van der Waals surface area contributed by atoms with Crippen LogP contribution in [0.5, 0.6) is 17.2 Å². The summed E-state index contributed by atoms with van der Waals surface area (Å²) >= 11 is 0. The summed E-state index contributed by atoms with van der Waals surface area (Å²) in [5.74, 6) is -0.660. The highest BCUT2D eigenvalue weighted by Gasteiger charge is 2.42. The molecule has 1 fully saturated rings. The molecule has 0 bridgehead atoms. The Hall–Kier alpha value is -2.87. The molecule has 2 aromatic carbocycles. The van der Waals surface area contributed by atoms with E-state index in [0.29, 0.717) is 42.3 Å². The summed E-state index contributed by atoms with van der Waals surface area (Å²) in [5, 5.41) is 0. The van der Waals surface area contributed by atoms with Crippen molar-refractivity contribution in [2.75, 3.05) is 54.1 Å². The van der Waals surface area contributed by atoms with Crippen LogP contribution in [0.15, 0.2) is 30.3 Å². The molecule has 0 radical (unpaired) electrons. The van der Waals surface area contributed by atoms with Gasteiger partial charge in [-0.1, -0.05) is 26.3 Å². The first-order chi connectivity index (χ1) is 17.8. The van der Waals surface area contributed by atoms with Gasteiger partial charge in [0.15, 0.2) is 23.1 Å². The third-order valence-corrected chi connectivity index (χ3v) is 7.36. The first-order valence-electron chi connectivity index (χ1n) is 13.1. The van der Waals surface area contributed by atoms with Gasteiger partial charge < -0.3 is 24.0 Å². The molecule has 204 valence electrons. The van der Waals surface area contributed by atoms with E-state index in [2.05, 4.69) is 18.7 Å². The number of hydrogen-bond donors (Lipinski definition) is 0. The maximum absolute atomic E-state index is 14.3. The van der Waals surface area contributed by atoms with Crippen LogP contribution >= 0.6 is 0 Å². The summed E-state index contributed by atoms with van der Waals surface area (Å²) in [6.45, 7) is 8.10. The van der Waals surface area contributed by atoms with E-state index in [9.17, 15) is 13.6 Å². The van der Waals surface area contributed by atoms with Crippen LogP contribution in [0.25, 0.3) is 0 Å². The molecule has 1 saturated heterocycles. The van der Waals surface area contributed by atoms with Gasteiger partial charge in [0.05, 0.1) is 21.3 Å². The first kappa shape index (κ1) is 28.7. The third-order valence-electron chi connectivity index (χ3n) is 7.36. The summed E-state index contributed by atoms with van der Waals surface area (Å²) in [4.78, 5) is 17.9. The van der Waals surface area contributed by atoms with Crippen molar-refractivity contribution < 1.29 is 27.8 Å². The van der Waals surface area contributed by atoms with Gasteiger partial charge in [-0.15, -0.1) is 0 Å². The van der Waals surface area contributed by atoms with Gasteiger partial charge in [0, 0.05) is 24.1 Å². The summed E-state index contributed by atoms with van der Waals surface area (Å²) in [7, 11) is 4.53. The second-order valence-corrected chi connectivity index (χ2v) is 9.75. The van der Waals surface area contributed by atoms with Crippen molar-refractivity contribution in [3.8, 4) is 17.2 Å². The van der Waals surface area contributed by atoms with Crippen molar-refractivity contribution in [2.45, 2.75) is 51.4 Å². The Morgan fingerprint density at radius 1 is 0.946 bits per heavy atom. The Labute approximate surface area is 219 Å². The molecule has 0 aliphatic carbocycles. The summed E-state index contributed by atoms with van der Waals surface area (Å²) in [6, 6.07) is 7.46. The molecule has 3 rings (SSSR count). The van der Waals surface area contributed by atoms with Gasteiger partial charge in [-0.25, -0.2) is 8.78 Å². The summed E-state index contributed by atoms with van der Waals surface area (Å²) in [5.41, 5.74) is 0.688. The summed E-state index contributed by atoms with van der Waals surface area (Å²) < 4.78 is 44.4. The number of methoxy groups -OCH3 is 3. The Kier molecular flexibility index (Phi) is 10.1. The number of halogens is 2. The van der Waals surface area contributed by atoms with Gasteiger partial charge in [-0.05, 0) is 75.1 Å². The number of benzene rings is 2. The van der Waals surface area contributed by atoms with E-state index >= 15 is 0 Å². The molecule has 1 aliphatic heterocycles. The number of unbranched alkanes of at least 4 members (excludes halogenated alkanes) is 1. The van der Waals surface area contributed by atoms with E-state index in [0.717, 1.165) is 50.9 Å². The number of likely N-dealkylation sites (tertiary alicyclic amines) is 1. The minimum atomic E-state index is -0.863. The molecule has 37 heavy (non-hydrogen) atoms. The number of amides is 1. The lowest BCUT2D eigenvalue weighted by molar-refractivity contribution is 0.0780. The average molecular weight is 519 g/mol. The molecule has 1 aliphatic rings. The molecule has 0 N–H and O–H groups in total. The van der Waals surface area contributed by atoms with Crippen LogP contribution < -0.4 is 14.2 Å². The largest absolute Gasteiger partial charge is 0.493 e. The highest BCUT2D eigenvalue weighted by atomic mass is 19.2. The fourth-order valence-electron chi connectivity index (χ4n) is 5.25. The van der Waals surface area contributed by atoms with Crippen LogP contribution in [0.2, 0.25) is 0 Å². The quantitative estimate of drug-likeness (QED) is 0.342. The van der Waals surface area contributed by atoms with Crippen molar-refractivity contribution >= 4 is 5.91 Å². The molecular formula is C29H40F2N2O4. The summed E-state index contributed by atoms with van der Waals surface area (Å²) in [6.07, 6.45) is 4.70. The molecule has 0 spiro atoms. The molecule has 1 unspecified atom stereocenters. The Bertz CT molecular complexity index is 1040. The molecule has 0 saturated carbocycles. The maximum atomic E-state index is 14.3. The van der Waals surface area contributed by atoms with Crippen molar-refractivity contribution in [1.82, 2.24) is 9.80 Å². The van der Waals surface area contributed by atoms with E-state index in [1.807, 2.05) is 0 Å². The van der Waals surface area contributed by atoms with Crippen LogP contribution in [0.1, 0.15) is 61.9 Å². The number of carbonyl (C=O) groups is 1. The molecule has 1 amide bonds. The van der Waals surface area contributed by atoms with Gasteiger partial charge in [0.2, 0.25) is 5.75 Å². The third kappa shape index (κ3) is 6.53. The molecule has 6 nitrogen and oxygen atoms in total. The minimum absolute atomic E-state index is 0.167. The molecule has 8 heteroatoms. The fraction of sp³-hybridized carbons (Fsp3) is 0.552. The van der Waals surface area contributed by atoms with E-state index < -0.39 is 17.0 Å². The molecule has 0 aromatic heterocycles. The second-order valence-electron chi connectivity index (χ2n) is 9.75. The second kappa shape index (κ2) is 13.1. The molecule has 1 atom stereocenters. The molecule has 1 heterocycles. The molecule has 2 aromatic rings. The standard InChI is InChI=1S/C29H40F2N2O4/c1-6-8-14-32(13-7-2)15-11-29(22-9-10-23(30)24(31)19-22)12-16-33(20-29)28(34)21-17-25(35-3)27(37-5)26(18-21)36-4/h9-10,17-19H,6-8,11-16,20H2,1-5H3. The van der Waals surface area contributed by atoms with Gasteiger partial charge in [-0.2, -0.15) is 0 Å². The van der Waals surface area contributed by atoms with Crippen molar-refractivity contribution in [3.05, 3.63) is 53.1 Å². The topological polar surface area (TPSA) is 51.2 Å². The number of ether oxygens (including phenoxy) is 3. The van der Waals surface area contributed by atoms with Crippen molar-refractivity contribution in [2.24, 2.45) is 0 Å². The van der Waals surface area contributed by atoms with Crippen molar-refractivity contribution in [1.29, 1.82) is 0 Å². The predicted octanol–water partition coefficient (Wildman–Crippen LogP) is 5.68. The van der Waals surface area contributed by atoms with Crippen molar-refractivity contribution in [3.63, 3.8) is 0 Å². The van der Waals surface area contributed by atoms with E-state index in [1.54, 1.807) is 23.1 Å². The van der Waals surface area contributed by atoms with Crippen LogP contribution in [0.3, 0.4) is 0 Å². The Morgan fingerprint density at radius 2 is 1.65 bits per heavy atom. The highest BCUT2D eigenvalue weighted by Crippen LogP contribution is 2.41. The lowest BCUT2D eigenvalue weighted by Gasteiger charge is -2.33. The molecular weight excluding hydrogens is 478 g/mol. The maximum Gasteiger partial charge on any atom is 0.254 e. The zero-order valence-electron chi connectivity index (χ0n) is 22.7. The van der Waals surface area contributed by atoms with Crippen LogP contribution in [0, 0.1) is 11.6 Å². The Morgan fingerprint density at radius 3 is 2.22 bits per heavy atom. The monoisotopic (exact) mass is 518 g/mol. The average Bonchev–Trinajstić information content (AvgIpc) is 3.36.